The zero-order chi connectivity index (χ0) is 13.9. The fourth-order valence-electron chi connectivity index (χ4n) is 0.620. The van der Waals surface area contributed by atoms with Gasteiger partial charge in [-0.05, 0) is 59.4 Å². The normalized spacial score (nSPS) is 14.2. The van der Waals surface area contributed by atoms with Crippen LogP contribution >= 0.6 is 11.9 Å². The summed E-state index contributed by atoms with van der Waals surface area (Å²) in [6.45, 7) is 16.0. The van der Waals surface area contributed by atoms with E-state index in [1.54, 1.807) is 13.8 Å². The number of rotatable bonds is 7. The van der Waals surface area contributed by atoms with Gasteiger partial charge in [0.1, 0.15) is 0 Å². The molecule has 1 N–H and O–H groups in total. The quantitative estimate of drug-likeness (QED) is 0.435. The second-order valence-electron chi connectivity index (χ2n) is 6.29. The summed E-state index contributed by atoms with van der Waals surface area (Å²) < 4.78 is 11.4. The lowest BCUT2D eigenvalue weighted by atomic mass is 9.89. The van der Waals surface area contributed by atoms with Crippen molar-refractivity contribution in [2.24, 2.45) is 5.92 Å². The molecule has 3 nitrogen and oxygen atoms in total. The molecule has 0 aliphatic carbocycles. The average molecular weight is 262 g/mol. The third kappa shape index (κ3) is 5.64. The highest BCUT2D eigenvalue weighted by Crippen LogP contribution is 2.28. The molecule has 0 amide bonds. The molecule has 0 saturated heterocycles. The topological polar surface area (TPSA) is 38.7 Å². The first kappa shape index (κ1) is 17.3. The van der Waals surface area contributed by atoms with Crippen molar-refractivity contribution >= 4 is 18.7 Å². The monoisotopic (exact) mass is 262 g/mol. The molecule has 102 valence electrons. The Balaban J connectivity index is 4.02. The number of hydrogen-bond acceptors (Lipinski definition) is 4. The van der Waals surface area contributed by atoms with Gasteiger partial charge in [-0.2, -0.15) is 0 Å². The largest absolute Gasteiger partial charge is 0.419 e. The van der Waals surface area contributed by atoms with Gasteiger partial charge < -0.3 is 13.9 Å². The van der Waals surface area contributed by atoms with Crippen molar-refractivity contribution in [1.82, 2.24) is 0 Å². The predicted octanol–water partition coefficient (Wildman–Crippen LogP) is 2.92. The molecule has 0 fully saturated rings. The minimum Gasteiger partial charge on any atom is -0.419 e. The van der Waals surface area contributed by atoms with E-state index in [2.05, 4.69) is 27.7 Å². The van der Waals surface area contributed by atoms with Gasteiger partial charge in [-0.25, -0.2) is 0 Å². The maximum Gasteiger partial charge on any atom is 0.375 e. The van der Waals surface area contributed by atoms with Crippen LogP contribution in [0.5, 0.6) is 0 Å². The fourth-order valence-corrected chi connectivity index (χ4v) is 1.51. The van der Waals surface area contributed by atoms with Crippen molar-refractivity contribution in [3.63, 3.8) is 0 Å². The molecular formula is C12H27BO3S. The van der Waals surface area contributed by atoms with Crippen LogP contribution in [0, 0.1) is 5.92 Å². The van der Waals surface area contributed by atoms with Crippen molar-refractivity contribution in [1.29, 1.82) is 0 Å². The van der Waals surface area contributed by atoms with Crippen molar-refractivity contribution < 1.29 is 13.9 Å². The van der Waals surface area contributed by atoms with Crippen molar-refractivity contribution in [3.05, 3.63) is 0 Å². The summed E-state index contributed by atoms with van der Waals surface area (Å²) >= 11 is 1.30. The Morgan fingerprint density at radius 1 is 1.06 bits per heavy atom. The van der Waals surface area contributed by atoms with Crippen LogP contribution in [0.15, 0.2) is 0 Å². The molecular weight excluding hydrogens is 235 g/mol. The predicted molar refractivity (Wildman–Crippen MR) is 76.2 cm³/mol. The Labute approximate surface area is 111 Å². The molecule has 0 heterocycles. The van der Waals surface area contributed by atoms with Crippen molar-refractivity contribution in [2.75, 3.05) is 0 Å². The van der Waals surface area contributed by atoms with Gasteiger partial charge in [-0.3, -0.25) is 0 Å². The Morgan fingerprint density at radius 3 is 1.88 bits per heavy atom. The molecule has 0 radical (unpaired) electrons. The first-order valence-corrected chi connectivity index (χ1v) is 6.98. The average Bonchev–Trinajstić information content (AvgIpc) is 2.10. The van der Waals surface area contributed by atoms with Gasteiger partial charge in [-0.15, -0.1) is 0 Å². The van der Waals surface area contributed by atoms with Crippen LogP contribution in [0.3, 0.4) is 0 Å². The molecule has 0 aliphatic rings. The van der Waals surface area contributed by atoms with Gasteiger partial charge in [0.2, 0.25) is 0 Å². The first-order chi connectivity index (χ1) is 7.40. The maximum absolute atomic E-state index is 9.92. The molecule has 0 aromatic rings. The van der Waals surface area contributed by atoms with Crippen LogP contribution < -0.4 is 0 Å². The Kier molecular flexibility index (Phi) is 6.06. The van der Waals surface area contributed by atoms with E-state index in [9.17, 15) is 5.11 Å². The second kappa shape index (κ2) is 5.96. The van der Waals surface area contributed by atoms with Gasteiger partial charge in [0.05, 0.1) is 16.8 Å². The minimum atomic E-state index is -0.874. The number of aliphatic hydroxyl groups is 1. The number of hydrogen-bond donors (Lipinski definition) is 1. The van der Waals surface area contributed by atoms with E-state index in [4.69, 9.17) is 8.84 Å². The molecule has 17 heavy (non-hydrogen) atoms. The summed E-state index contributed by atoms with van der Waals surface area (Å²) in [5.41, 5.74) is -1.64. The third-order valence-electron chi connectivity index (χ3n) is 3.61. The van der Waals surface area contributed by atoms with E-state index in [1.165, 1.54) is 11.9 Å². The summed E-state index contributed by atoms with van der Waals surface area (Å²) in [7, 11) is 0. The van der Waals surface area contributed by atoms with E-state index in [0.29, 0.717) is 12.7 Å². The smallest absolute Gasteiger partial charge is 0.375 e. The van der Waals surface area contributed by atoms with Gasteiger partial charge >= 0.3 is 6.76 Å². The summed E-state index contributed by atoms with van der Waals surface area (Å²) in [4.78, 5) is 0. The lowest BCUT2D eigenvalue weighted by molar-refractivity contribution is -0.0887. The van der Waals surface area contributed by atoms with Crippen LogP contribution in [-0.2, 0) is 8.84 Å². The zero-order valence-corrected chi connectivity index (χ0v) is 13.3. The van der Waals surface area contributed by atoms with E-state index in [0.717, 1.165) is 0 Å². The Bertz CT molecular complexity index is 234. The molecule has 0 spiro atoms. The summed E-state index contributed by atoms with van der Waals surface area (Å²) in [5, 5.41) is 9.92. The molecule has 0 unspecified atom stereocenters. The summed E-state index contributed by atoms with van der Waals surface area (Å²) in [6.07, 6.45) is 0. The van der Waals surface area contributed by atoms with Crippen LogP contribution in [-0.4, -0.2) is 28.7 Å². The maximum atomic E-state index is 9.92. The minimum absolute atomic E-state index is 0.174. The zero-order valence-electron chi connectivity index (χ0n) is 12.5. The van der Waals surface area contributed by atoms with Crippen molar-refractivity contribution in [2.45, 2.75) is 72.2 Å². The van der Waals surface area contributed by atoms with Gasteiger partial charge in [-0.1, -0.05) is 13.8 Å². The van der Waals surface area contributed by atoms with Gasteiger partial charge in [0, 0.05) is 0 Å². The third-order valence-corrected chi connectivity index (χ3v) is 4.37. The molecule has 0 bridgehead atoms. The standard InChI is InChI=1S/C12H27BO3S/c1-9(2)10(3,4)16-17-13-15-12(7,8)11(5,6)14/h9,13-14H,1-8H3. The molecule has 0 aromatic carbocycles. The van der Waals surface area contributed by atoms with Crippen LogP contribution in [0.25, 0.3) is 0 Å². The highest BCUT2D eigenvalue weighted by atomic mass is 32.2. The van der Waals surface area contributed by atoms with Crippen LogP contribution in [0.2, 0.25) is 0 Å². The van der Waals surface area contributed by atoms with E-state index < -0.39 is 11.2 Å². The Hall–Kier alpha value is 0.295. The molecule has 0 aliphatic heterocycles. The molecule has 0 rings (SSSR count). The van der Waals surface area contributed by atoms with E-state index in [-0.39, 0.29) is 5.60 Å². The first-order valence-electron chi connectivity index (χ1n) is 6.07. The van der Waals surface area contributed by atoms with Crippen LogP contribution in [0.4, 0.5) is 0 Å². The van der Waals surface area contributed by atoms with E-state index >= 15 is 0 Å². The molecule has 0 aromatic heterocycles. The lowest BCUT2D eigenvalue weighted by Crippen LogP contribution is -2.47. The SMILES string of the molecule is CC(C)C(C)(C)OSBOC(C)(C)C(C)(C)O. The van der Waals surface area contributed by atoms with Gasteiger partial charge in [0.25, 0.3) is 0 Å². The fraction of sp³-hybridized carbons (Fsp3) is 1.00. The summed E-state index contributed by atoms with van der Waals surface area (Å²) in [5.74, 6) is 0.442. The lowest BCUT2D eigenvalue weighted by Gasteiger charge is -2.37. The highest BCUT2D eigenvalue weighted by Gasteiger charge is 2.36. The van der Waals surface area contributed by atoms with E-state index in [1.807, 2.05) is 13.8 Å². The summed E-state index contributed by atoms with van der Waals surface area (Å²) in [6, 6.07) is 0. The molecule has 5 heteroatoms. The van der Waals surface area contributed by atoms with Crippen LogP contribution in [0.1, 0.15) is 55.4 Å². The van der Waals surface area contributed by atoms with Gasteiger partial charge in [0.15, 0.2) is 0 Å². The van der Waals surface area contributed by atoms with Crippen molar-refractivity contribution in [3.8, 4) is 0 Å². The molecule has 0 atom stereocenters. The second-order valence-corrected chi connectivity index (χ2v) is 6.93. The molecule has 0 saturated carbocycles. The Morgan fingerprint density at radius 2 is 1.53 bits per heavy atom. The highest BCUT2D eigenvalue weighted by molar-refractivity contribution is 8.18.